The Hall–Kier alpha value is -2.94. The van der Waals surface area contributed by atoms with Crippen molar-refractivity contribution in [3.63, 3.8) is 0 Å². The Morgan fingerprint density at radius 1 is 1.26 bits per heavy atom. The summed E-state index contributed by atoms with van der Waals surface area (Å²) in [7, 11) is 0. The van der Waals surface area contributed by atoms with Crippen LogP contribution in [0.2, 0.25) is 0 Å². The fraction of sp³-hybridized carbons (Fsp3) is 0.409. The van der Waals surface area contributed by atoms with Crippen LogP contribution in [0.3, 0.4) is 0 Å². The van der Waals surface area contributed by atoms with Crippen molar-refractivity contribution in [1.82, 2.24) is 20.3 Å². The Kier molecular flexibility index (Phi) is 6.50. The maximum absolute atomic E-state index is 14.7. The summed E-state index contributed by atoms with van der Waals surface area (Å²) in [6.45, 7) is 3.67. The minimum absolute atomic E-state index is 0.125. The van der Waals surface area contributed by atoms with Gasteiger partial charge in [-0.25, -0.2) is 19.2 Å². The maximum atomic E-state index is 14.7. The lowest BCUT2D eigenvalue weighted by Gasteiger charge is -2.28. The molecular formula is C22H26FN5O2S. The Labute approximate surface area is 184 Å². The second-order valence-electron chi connectivity index (χ2n) is 7.97. The Morgan fingerprint density at radius 3 is 2.74 bits per heavy atom. The van der Waals surface area contributed by atoms with Gasteiger partial charge in [-0.1, -0.05) is 0 Å². The lowest BCUT2D eigenvalue weighted by atomic mass is 9.86. The molecule has 0 atom stereocenters. The molecular weight excluding hydrogens is 417 g/mol. The molecule has 3 N–H and O–H groups in total. The number of nitrogens with zero attached hydrogens (tertiary/aromatic N) is 2. The van der Waals surface area contributed by atoms with E-state index in [1.807, 2.05) is 19.9 Å². The zero-order valence-corrected chi connectivity index (χ0v) is 18.3. The monoisotopic (exact) mass is 443 g/mol. The van der Waals surface area contributed by atoms with Gasteiger partial charge in [0.25, 0.3) is 0 Å². The van der Waals surface area contributed by atoms with Gasteiger partial charge in [-0.3, -0.25) is 0 Å². The van der Waals surface area contributed by atoms with Gasteiger partial charge in [-0.05, 0) is 57.7 Å². The van der Waals surface area contributed by atoms with Crippen molar-refractivity contribution < 1.29 is 13.9 Å². The van der Waals surface area contributed by atoms with E-state index in [1.54, 1.807) is 24.7 Å². The van der Waals surface area contributed by atoms with Gasteiger partial charge in [0.2, 0.25) is 5.95 Å². The number of aromatic amines is 1. The molecule has 2 heterocycles. The summed E-state index contributed by atoms with van der Waals surface area (Å²) >= 11 is 1.54. The first kappa shape index (κ1) is 21.3. The fourth-order valence-electron chi connectivity index (χ4n) is 3.76. The molecule has 7 nitrogen and oxygen atoms in total. The van der Waals surface area contributed by atoms with Crippen LogP contribution in [-0.4, -0.2) is 33.2 Å². The first-order valence-corrected chi connectivity index (χ1v) is 11.3. The highest BCUT2D eigenvalue weighted by Gasteiger charge is 2.26. The number of alkyl carbamates (subject to hydrolysis) is 1. The van der Waals surface area contributed by atoms with Crippen molar-refractivity contribution in [3.05, 3.63) is 47.6 Å². The predicted molar refractivity (Wildman–Crippen MR) is 119 cm³/mol. The number of H-pyrrole nitrogens is 1. The molecule has 9 heteroatoms. The summed E-state index contributed by atoms with van der Waals surface area (Å²) in [5, 5.41) is 7.00. The SMILES string of the molecule is CC(C)OC(=O)NC1CCC(c2ncc(-c3ccc(Nc4ncc[nH]4)cc3F)s2)CC1. The Bertz CT molecular complexity index is 1010. The lowest BCUT2D eigenvalue weighted by Crippen LogP contribution is -2.38. The second kappa shape index (κ2) is 9.47. The molecule has 0 spiro atoms. The zero-order valence-electron chi connectivity index (χ0n) is 17.5. The van der Waals surface area contributed by atoms with E-state index in [0.29, 0.717) is 23.1 Å². The van der Waals surface area contributed by atoms with Gasteiger partial charge in [0.15, 0.2) is 0 Å². The first-order chi connectivity index (χ1) is 15.0. The van der Waals surface area contributed by atoms with Crippen LogP contribution < -0.4 is 10.6 Å². The number of hydrogen-bond acceptors (Lipinski definition) is 6. The van der Waals surface area contributed by atoms with Crippen LogP contribution in [0.1, 0.15) is 50.5 Å². The molecule has 0 unspecified atom stereocenters. The fourth-order valence-corrected chi connectivity index (χ4v) is 4.88. The van der Waals surface area contributed by atoms with Crippen LogP contribution in [0, 0.1) is 5.82 Å². The topological polar surface area (TPSA) is 91.9 Å². The summed E-state index contributed by atoms with van der Waals surface area (Å²) in [6.07, 6.45) is 8.25. The largest absolute Gasteiger partial charge is 0.447 e. The summed E-state index contributed by atoms with van der Waals surface area (Å²) < 4.78 is 19.9. The van der Waals surface area contributed by atoms with E-state index in [0.717, 1.165) is 35.6 Å². The average Bonchev–Trinajstić information content (AvgIpc) is 3.40. The summed E-state index contributed by atoms with van der Waals surface area (Å²) in [5.41, 5.74) is 1.17. The van der Waals surface area contributed by atoms with Crippen molar-refractivity contribution >= 4 is 29.1 Å². The molecule has 0 bridgehead atoms. The predicted octanol–water partition coefficient (Wildman–Crippen LogP) is 5.58. The third kappa shape index (κ3) is 5.41. The van der Waals surface area contributed by atoms with E-state index < -0.39 is 0 Å². The van der Waals surface area contributed by atoms with E-state index in [-0.39, 0.29) is 24.1 Å². The molecule has 2 aromatic heterocycles. The van der Waals surface area contributed by atoms with Crippen molar-refractivity contribution in [2.45, 2.75) is 57.6 Å². The van der Waals surface area contributed by atoms with E-state index in [4.69, 9.17) is 4.74 Å². The van der Waals surface area contributed by atoms with E-state index >= 15 is 0 Å². The van der Waals surface area contributed by atoms with Crippen LogP contribution in [0.5, 0.6) is 0 Å². The van der Waals surface area contributed by atoms with E-state index in [2.05, 4.69) is 25.6 Å². The quantitative estimate of drug-likeness (QED) is 0.463. The third-order valence-electron chi connectivity index (χ3n) is 5.26. The van der Waals surface area contributed by atoms with Gasteiger partial charge in [-0.2, -0.15) is 0 Å². The van der Waals surface area contributed by atoms with Gasteiger partial charge in [0.05, 0.1) is 16.0 Å². The molecule has 1 aliphatic rings. The maximum Gasteiger partial charge on any atom is 0.407 e. The first-order valence-electron chi connectivity index (χ1n) is 10.5. The number of hydrogen-bond donors (Lipinski definition) is 3. The highest BCUT2D eigenvalue weighted by Crippen LogP contribution is 2.38. The molecule has 3 aromatic rings. The number of carbonyl (C=O) groups excluding carboxylic acids is 1. The van der Waals surface area contributed by atoms with Crippen LogP contribution in [0.25, 0.3) is 10.4 Å². The molecule has 1 amide bonds. The van der Waals surface area contributed by atoms with Gasteiger partial charge < -0.3 is 20.4 Å². The normalized spacial score (nSPS) is 18.7. The number of nitrogens with one attached hydrogen (secondary N) is 3. The van der Waals surface area contributed by atoms with Crippen LogP contribution in [-0.2, 0) is 4.74 Å². The number of imidazole rings is 1. The van der Waals surface area contributed by atoms with Crippen molar-refractivity contribution in [2.24, 2.45) is 0 Å². The van der Waals surface area contributed by atoms with Crippen molar-refractivity contribution in [1.29, 1.82) is 0 Å². The lowest BCUT2D eigenvalue weighted by molar-refractivity contribution is 0.109. The molecule has 0 radical (unpaired) electrons. The van der Waals surface area contributed by atoms with Gasteiger partial charge in [0.1, 0.15) is 5.82 Å². The van der Waals surface area contributed by atoms with Gasteiger partial charge in [0, 0.05) is 41.8 Å². The van der Waals surface area contributed by atoms with Crippen LogP contribution in [0.15, 0.2) is 36.8 Å². The van der Waals surface area contributed by atoms with Crippen molar-refractivity contribution in [3.8, 4) is 10.4 Å². The molecule has 31 heavy (non-hydrogen) atoms. The minimum Gasteiger partial charge on any atom is -0.447 e. The van der Waals surface area contributed by atoms with Gasteiger partial charge >= 0.3 is 6.09 Å². The third-order valence-corrected chi connectivity index (χ3v) is 6.45. The molecule has 0 saturated heterocycles. The van der Waals surface area contributed by atoms with Crippen LogP contribution in [0.4, 0.5) is 20.8 Å². The second-order valence-corrected chi connectivity index (χ2v) is 9.03. The van der Waals surface area contributed by atoms with Crippen molar-refractivity contribution in [2.75, 3.05) is 5.32 Å². The molecule has 4 rings (SSSR count). The number of anilines is 2. The highest BCUT2D eigenvalue weighted by molar-refractivity contribution is 7.15. The number of benzene rings is 1. The zero-order chi connectivity index (χ0) is 21.8. The highest BCUT2D eigenvalue weighted by atomic mass is 32.1. The number of ether oxygens (including phenoxy) is 1. The number of halogens is 1. The molecule has 1 fully saturated rings. The number of rotatable bonds is 6. The number of amides is 1. The Morgan fingerprint density at radius 2 is 2.06 bits per heavy atom. The molecule has 1 saturated carbocycles. The summed E-state index contributed by atoms with van der Waals surface area (Å²) in [6, 6.07) is 5.19. The average molecular weight is 444 g/mol. The summed E-state index contributed by atoms with van der Waals surface area (Å²) in [4.78, 5) is 24.2. The van der Waals surface area contributed by atoms with Crippen LogP contribution >= 0.6 is 11.3 Å². The number of carbonyl (C=O) groups is 1. The summed E-state index contributed by atoms with van der Waals surface area (Å²) in [5.74, 6) is 0.596. The molecule has 164 valence electrons. The molecule has 1 aromatic carbocycles. The smallest absolute Gasteiger partial charge is 0.407 e. The van der Waals surface area contributed by atoms with Gasteiger partial charge in [-0.15, -0.1) is 11.3 Å². The standard InChI is InChI=1S/C22H26FN5O2S/c1-13(2)30-22(29)28-15-5-3-14(4-6-15)20-26-12-19(31-20)17-8-7-16(11-18(17)23)27-21-24-9-10-25-21/h7-15H,3-6H2,1-2H3,(H,28,29)(H2,24,25,27). The van der Waals surface area contributed by atoms with E-state index in [9.17, 15) is 9.18 Å². The molecule has 0 aliphatic heterocycles. The van der Waals surface area contributed by atoms with E-state index in [1.165, 1.54) is 17.4 Å². The Balaban J connectivity index is 1.36. The number of aromatic nitrogens is 3. The molecule has 1 aliphatic carbocycles. The number of thiazole rings is 1. The minimum atomic E-state index is -0.351.